The van der Waals surface area contributed by atoms with E-state index in [0.29, 0.717) is 43.1 Å². The summed E-state index contributed by atoms with van der Waals surface area (Å²) < 4.78 is 22.3. The molecule has 35 heavy (non-hydrogen) atoms. The van der Waals surface area contributed by atoms with Crippen LogP contribution in [0.2, 0.25) is 5.02 Å². The quantitative estimate of drug-likeness (QED) is 0.199. The van der Waals surface area contributed by atoms with Gasteiger partial charge in [0, 0.05) is 21.0 Å². The monoisotopic (exact) mass is 619 g/mol. The molecule has 0 spiro atoms. The molecular formula is C26H21Br2ClFN3O2. The van der Waals surface area contributed by atoms with E-state index in [-0.39, 0.29) is 23.9 Å². The minimum Gasteiger partial charge on any atom is -0.487 e. The van der Waals surface area contributed by atoms with E-state index in [2.05, 4.69) is 37.0 Å². The normalized spacial score (nSPS) is 12.4. The Hall–Kier alpha value is -2.55. The molecule has 0 saturated carbocycles. The fourth-order valence-electron chi connectivity index (χ4n) is 3.51. The largest absolute Gasteiger partial charge is 0.487 e. The van der Waals surface area contributed by atoms with Gasteiger partial charge in [-0.25, -0.2) is 9.37 Å². The van der Waals surface area contributed by atoms with E-state index in [1.807, 2.05) is 26.0 Å². The van der Waals surface area contributed by atoms with E-state index in [0.717, 1.165) is 10.9 Å². The molecule has 4 aromatic rings. The first-order valence-corrected chi connectivity index (χ1v) is 12.9. The summed E-state index contributed by atoms with van der Waals surface area (Å²) >= 11 is 13.2. The number of fused-ring (bicyclic) bond motifs is 1. The molecule has 0 fully saturated rings. The number of benzene rings is 3. The van der Waals surface area contributed by atoms with Crippen LogP contribution in [0.4, 0.5) is 4.39 Å². The van der Waals surface area contributed by atoms with Crippen LogP contribution >= 0.6 is 43.5 Å². The Labute approximate surface area is 223 Å². The molecule has 0 unspecified atom stereocenters. The highest BCUT2D eigenvalue weighted by Crippen LogP contribution is 2.33. The maximum Gasteiger partial charge on any atom is 0.282 e. The molecule has 180 valence electrons. The minimum atomic E-state index is -0.338. The van der Waals surface area contributed by atoms with Crippen LogP contribution in [0, 0.1) is 5.82 Å². The third-order valence-corrected chi connectivity index (χ3v) is 6.81. The first kappa shape index (κ1) is 25.5. The van der Waals surface area contributed by atoms with Crippen molar-refractivity contribution < 1.29 is 9.13 Å². The second-order valence-electron chi connectivity index (χ2n) is 8.03. The molecule has 1 heterocycles. The molecule has 0 radical (unpaired) electrons. The third-order valence-electron chi connectivity index (χ3n) is 5.51. The molecule has 0 bridgehead atoms. The van der Waals surface area contributed by atoms with Gasteiger partial charge in [0.15, 0.2) is 0 Å². The van der Waals surface area contributed by atoms with Crippen molar-refractivity contribution in [2.75, 3.05) is 0 Å². The smallest absolute Gasteiger partial charge is 0.282 e. The molecule has 1 aromatic heterocycles. The van der Waals surface area contributed by atoms with Gasteiger partial charge in [-0.3, -0.25) is 4.79 Å². The molecule has 3 aromatic carbocycles. The van der Waals surface area contributed by atoms with Crippen molar-refractivity contribution in [2.45, 2.75) is 32.8 Å². The maximum absolute atomic E-state index is 13.6. The fourth-order valence-corrected chi connectivity index (χ4v) is 4.82. The number of hydrogen-bond acceptors (Lipinski definition) is 4. The van der Waals surface area contributed by atoms with Crippen LogP contribution < -0.4 is 10.3 Å². The van der Waals surface area contributed by atoms with Gasteiger partial charge in [-0.1, -0.05) is 53.5 Å². The van der Waals surface area contributed by atoms with Crippen LogP contribution in [0.5, 0.6) is 5.75 Å². The minimum absolute atomic E-state index is 0.00249. The molecule has 9 heteroatoms. The van der Waals surface area contributed by atoms with Crippen LogP contribution in [-0.4, -0.2) is 15.9 Å². The van der Waals surface area contributed by atoms with Crippen LogP contribution in [-0.2, 0) is 6.61 Å². The highest BCUT2D eigenvalue weighted by atomic mass is 79.9. The Balaban J connectivity index is 1.78. The molecule has 4 rings (SSSR count). The molecule has 0 saturated heterocycles. The highest BCUT2D eigenvalue weighted by molar-refractivity contribution is 9.10. The predicted molar refractivity (Wildman–Crippen MR) is 145 cm³/mol. The predicted octanol–water partition coefficient (Wildman–Crippen LogP) is 7.69. The van der Waals surface area contributed by atoms with Gasteiger partial charge in [-0.05, 0) is 70.4 Å². The van der Waals surface area contributed by atoms with Crippen molar-refractivity contribution in [3.05, 3.63) is 102 Å². The first-order chi connectivity index (χ1) is 16.8. The van der Waals surface area contributed by atoms with E-state index >= 15 is 0 Å². The molecular weight excluding hydrogens is 601 g/mol. The zero-order chi connectivity index (χ0) is 25.1. The van der Waals surface area contributed by atoms with Crippen molar-refractivity contribution in [3.63, 3.8) is 0 Å². The van der Waals surface area contributed by atoms with Gasteiger partial charge in [0.25, 0.3) is 5.56 Å². The molecule has 0 aliphatic heterocycles. The topological polar surface area (TPSA) is 56.5 Å². The summed E-state index contributed by atoms with van der Waals surface area (Å²) in [7, 11) is 0. The van der Waals surface area contributed by atoms with Crippen LogP contribution in [0.3, 0.4) is 0 Å². The molecule has 5 nitrogen and oxygen atoms in total. The third kappa shape index (κ3) is 5.82. The first-order valence-electron chi connectivity index (χ1n) is 10.9. The van der Waals surface area contributed by atoms with Crippen LogP contribution in [0.15, 0.2) is 73.4 Å². The zero-order valence-corrected chi connectivity index (χ0v) is 22.9. The maximum atomic E-state index is 13.6. The van der Waals surface area contributed by atoms with Gasteiger partial charge in [0.05, 0.1) is 21.6 Å². The molecule has 0 N–H and O–H groups in total. The van der Waals surface area contributed by atoms with Crippen molar-refractivity contribution in [1.29, 1.82) is 0 Å². The number of halogens is 4. The molecule has 1 atom stereocenters. The van der Waals surface area contributed by atoms with Crippen molar-refractivity contribution in [1.82, 2.24) is 9.66 Å². The molecule has 0 aliphatic rings. The summed E-state index contributed by atoms with van der Waals surface area (Å²) in [6, 6.07) is 15.0. The Morgan fingerprint density at radius 1 is 1.20 bits per heavy atom. The van der Waals surface area contributed by atoms with Crippen molar-refractivity contribution in [3.8, 4) is 5.75 Å². The van der Waals surface area contributed by atoms with Gasteiger partial charge in [0.1, 0.15) is 24.0 Å². The van der Waals surface area contributed by atoms with E-state index in [1.54, 1.807) is 30.3 Å². The molecule has 0 aliphatic carbocycles. The Bertz CT molecular complexity index is 1490. The second kappa shape index (κ2) is 11.0. The summed E-state index contributed by atoms with van der Waals surface area (Å²) in [6.07, 6.45) is 2.31. The Kier molecular flexibility index (Phi) is 8.04. The lowest BCUT2D eigenvalue weighted by atomic mass is 10.1. The van der Waals surface area contributed by atoms with Gasteiger partial charge >= 0.3 is 0 Å². The Morgan fingerprint density at radius 2 is 2.00 bits per heavy atom. The lowest BCUT2D eigenvalue weighted by molar-refractivity contribution is 0.303. The average molecular weight is 622 g/mol. The van der Waals surface area contributed by atoms with E-state index < -0.39 is 0 Å². The fraction of sp³-hybridized carbons (Fsp3) is 0.192. The van der Waals surface area contributed by atoms with Gasteiger partial charge in [0.2, 0.25) is 0 Å². The zero-order valence-electron chi connectivity index (χ0n) is 18.9. The Morgan fingerprint density at radius 3 is 2.74 bits per heavy atom. The average Bonchev–Trinajstić information content (AvgIpc) is 2.82. The van der Waals surface area contributed by atoms with E-state index in [9.17, 15) is 9.18 Å². The SMILES string of the molecule is CC[C@H](C)c1nc2ccc(Br)cc2c(=O)n1N=Cc1cc(Cl)cc(Br)c1OCc1cccc(F)c1. The summed E-state index contributed by atoms with van der Waals surface area (Å²) in [6.45, 7) is 4.17. The van der Waals surface area contributed by atoms with Gasteiger partial charge in [-0.15, -0.1) is 0 Å². The number of aromatic nitrogens is 2. The van der Waals surface area contributed by atoms with Crippen LogP contribution in [0.25, 0.3) is 10.9 Å². The van der Waals surface area contributed by atoms with Crippen LogP contribution in [0.1, 0.15) is 43.1 Å². The van der Waals surface area contributed by atoms with E-state index in [1.165, 1.54) is 23.0 Å². The number of ether oxygens (including phenoxy) is 1. The summed E-state index contributed by atoms with van der Waals surface area (Å²) in [5.74, 6) is 0.696. The summed E-state index contributed by atoms with van der Waals surface area (Å²) in [5, 5.41) is 5.44. The summed E-state index contributed by atoms with van der Waals surface area (Å²) in [5.41, 5.74) is 1.57. The molecule has 0 amide bonds. The standard InChI is InChI=1S/C26H21Br2ClFN3O2/c1-3-15(2)25-32-23-8-7-18(27)11-21(23)26(34)33(25)31-13-17-10-19(29)12-22(28)24(17)35-14-16-5-4-6-20(30)9-16/h4-13,15H,3,14H2,1-2H3/t15-/m0/s1. The van der Waals surface area contributed by atoms with E-state index in [4.69, 9.17) is 21.3 Å². The van der Waals surface area contributed by atoms with Crippen molar-refractivity contribution >= 4 is 60.6 Å². The number of rotatable bonds is 7. The van der Waals surface area contributed by atoms with Crippen molar-refractivity contribution in [2.24, 2.45) is 5.10 Å². The lowest BCUT2D eigenvalue weighted by Gasteiger charge is -2.15. The number of nitrogens with zero attached hydrogens (tertiary/aromatic N) is 3. The second-order valence-corrected chi connectivity index (χ2v) is 10.2. The van der Waals surface area contributed by atoms with Gasteiger partial charge < -0.3 is 4.74 Å². The number of hydrogen-bond donors (Lipinski definition) is 0. The highest BCUT2D eigenvalue weighted by Gasteiger charge is 2.16. The lowest BCUT2D eigenvalue weighted by Crippen LogP contribution is -2.23. The summed E-state index contributed by atoms with van der Waals surface area (Å²) in [4.78, 5) is 18.1. The van der Waals surface area contributed by atoms with Gasteiger partial charge in [-0.2, -0.15) is 9.78 Å².